The molecule has 1 amide bonds. The highest BCUT2D eigenvalue weighted by molar-refractivity contribution is 7.99. The molecule has 0 radical (unpaired) electrons. The lowest BCUT2D eigenvalue weighted by molar-refractivity contribution is -0.119. The van der Waals surface area contributed by atoms with E-state index >= 15 is 0 Å². The Morgan fingerprint density at radius 3 is 3.06 bits per heavy atom. The van der Waals surface area contributed by atoms with Gasteiger partial charge in [0.15, 0.2) is 0 Å². The number of rotatable bonds is 5. The minimum absolute atomic E-state index is 0.166. The van der Waals surface area contributed by atoms with E-state index in [1.807, 2.05) is 0 Å². The quantitative estimate of drug-likeness (QED) is 0.765. The van der Waals surface area contributed by atoms with E-state index in [4.69, 9.17) is 4.74 Å². The number of hydrogen-bond donors (Lipinski definition) is 2. The molecule has 2 atom stereocenters. The van der Waals surface area contributed by atoms with E-state index in [2.05, 4.69) is 10.6 Å². The predicted molar refractivity (Wildman–Crippen MR) is 70.3 cm³/mol. The SMILES string of the molecule is O=C(CSCC1CCCCO1)NC1CCNC1. The third-order valence-corrected chi connectivity index (χ3v) is 4.31. The normalized spacial score (nSPS) is 29.2. The molecule has 0 spiro atoms. The standard InChI is InChI=1S/C12H22N2O2S/c15-12(14-10-4-5-13-7-10)9-17-8-11-3-1-2-6-16-11/h10-11,13H,1-9H2,(H,14,15). The Kier molecular flexibility index (Phi) is 5.61. The average molecular weight is 258 g/mol. The molecule has 2 heterocycles. The number of nitrogens with one attached hydrogen (secondary N) is 2. The Morgan fingerprint density at radius 1 is 1.41 bits per heavy atom. The summed E-state index contributed by atoms with van der Waals surface area (Å²) in [7, 11) is 0. The fourth-order valence-electron chi connectivity index (χ4n) is 2.27. The summed E-state index contributed by atoms with van der Waals surface area (Å²) in [6.07, 6.45) is 5.04. The van der Waals surface area contributed by atoms with Crippen molar-refractivity contribution in [1.82, 2.24) is 10.6 Å². The average Bonchev–Trinajstić information content (AvgIpc) is 2.83. The van der Waals surface area contributed by atoms with Crippen LogP contribution in [0, 0.1) is 0 Å². The highest BCUT2D eigenvalue weighted by atomic mass is 32.2. The van der Waals surface area contributed by atoms with Gasteiger partial charge in [-0.2, -0.15) is 0 Å². The summed E-state index contributed by atoms with van der Waals surface area (Å²) in [5.41, 5.74) is 0. The van der Waals surface area contributed by atoms with Crippen molar-refractivity contribution in [2.45, 2.75) is 37.8 Å². The molecule has 98 valence electrons. The van der Waals surface area contributed by atoms with Crippen LogP contribution in [0.5, 0.6) is 0 Å². The molecular weight excluding hydrogens is 236 g/mol. The van der Waals surface area contributed by atoms with E-state index in [9.17, 15) is 4.79 Å². The molecule has 17 heavy (non-hydrogen) atoms. The molecule has 0 aliphatic carbocycles. The number of carbonyl (C=O) groups is 1. The first kappa shape index (κ1) is 13.2. The molecule has 4 nitrogen and oxygen atoms in total. The number of thioether (sulfide) groups is 1. The first-order valence-electron chi connectivity index (χ1n) is 6.54. The Labute approximate surface area is 107 Å². The van der Waals surface area contributed by atoms with Crippen LogP contribution in [0.4, 0.5) is 0 Å². The van der Waals surface area contributed by atoms with Gasteiger partial charge in [-0.05, 0) is 32.2 Å². The lowest BCUT2D eigenvalue weighted by atomic mass is 10.1. The second-order valence-electron chi connectivity index (χ2n) is 4.76. The molecule has 0 aromatic carbocycles. The molecule has 2 aliphatic heterocycles. The van der Waals surface area contributed by atoms with E-state index < -0.39 is 0 Å². The predicted octanol–water partition coefficient (Wildman–Crippen LogP) is 0.767. The first-order chi connectivity index (χ1) is 8.34. The fourth-order valence-corrected chi connectivity index (χ4v) is 3.18. The molecule has 0 saturated carbocycles. The van der Waals surface area contributed by atoms with E-state index in [1.54, 1.807) is 11.8 Å². The molecule has 2 unspecified atom stereocenters. The zero-order valence-corrected chi connectivity index (χ0v) is 11.1. The first-order valence-corrected chi connectivity index (χ1v) is 7.69. The minimum atomic E-state index is 0.166. The lowest BCUT2D eigenvalue weighted by Crippen LogP contribution is -2.37. The largest absolute Gasteiger partial charge is 0.377 e. The van der Waals surface area contributed by atoms with Gasteiger partial charge in [-0.3, -0.25) is 4.79 Å². The van der Waals surface area contributed by atoms with Crippen molar-refractivity contribution < 1.29 is 9.53 Å². The molecule has 2 fully saturated rings. The van der Waals surface area contributed by atoms with Gasteiger partial charge >= 0.3 is 0 Å². The van der Waals surface area contributed by atoms with Gasteiger partial charge in [0.1, 0.15) is 0 Å². The zero-order chi connectivity index (χ0) is 11.9. The van der Waals surface area contributed by atoms with Crippen LogP contribution in [0.2, 0.25) is 0 Å². The number of amides is 1. The number of carbonyl (C=O) groups excluding carboxylic acids is 1. The third kappa shape index (κ3) is 4.85. The summed E-state index contributed by atoms with van der Waals surface area (Å²) >= 11 is 1.69. The van der Waals surface area contributed by atoms with Crippen molar-refractivity contribution in [2.75, 3.05) is 31.2 Å². The monoisotopic (exact) mass is 258 g/mol. The van der Waals surface area contributed by atoms with Crippen LogP contribution in [-0.2, 0) is 9.53 Å². The minimum Gasteiger partial charge on any atom is -0.377 e. The molecule has 5 heteroatoms. The molecule has 2 rings (SSSR count). The molecule has 0 aromatic rings. The highest BCUT2D eigenvalue weighted by Gasteiger charge is 2.17. The Hall–Kier alpha value is -0.260. The Morgan fingerprint density at radius 2 is 2.35 bits per heavy atom. The van der Waals surface area contributed by atoms with Crippen LogP contribution < -0.4 is 10.6 Å². The molecular formula is C12H22N2O2S. The molecule has 0 aromatic heterocycles. The molecule has 0 bridgehead atoms. The third-order valence-electron chi connectivity index (χ3n) is 3.24. The van der Waals surface area contributed by atoms with Crippen LogP contribution in [0.3, 0.4) is 0 Å². The maximum absolute atomic E-state index is 11.6. The molecule has 2 N–H and O–H groups in total. The van der Waals surface area contributed by atoms with Crippen molar-refractivity contribution in [1.29, 1.82) is 0 Å². The molecule has 2 saturated heterocycles. The summed E-state index contributed by atoms with van der Waals surface area (Å²) < 4.78 is 5.63. The van der Waals surface area contributed by atoms with E-state index in [-0.39, 0.29) is 5.91 Å². The second kappa shape index (κ2) is 7.24. The van der Waals surface area contributed by atoms with Gasteiger partial charge in [-0.25, -0.2) is 0 Å². The van der Waals surface area contributed by atoms with E-state index in [1.165, 1.54) is 12.8 Å². The van der Waals surface area contributed by atoms with Crippen molar-refractivity contribution >= 4 is 17.7 Å². The lowest BCUT2D eigenvalue weighted by Gasteiger charge is -2.22. The Balaban J connectivity index is 1.53. The maximum atomic E-state index is 11.6. The van der Waals surface area contributed by atoms with Gasteiger partial charge in [0.25, 0.3) is 0 Å². The fraction of sp³-hybridized carbons (Fsp3) is 0.917. The van der Waals surface area contributed by atoms with Crippen LogP contribution in [0.15, 0.2) is 0 Å². The van der Waals surface area contributed by atoms with Crippen LogP contribution in [0.1, 0.15) is 25.7 Å². The Bertz CT molecular complexity index is 239. The van der Waals surface area contributed by atoms with Gasteiger partial charge < -0.3 is 15.4 Å². The summed E-state index contributed by atoms with van der Waals surface area (Å²) in [4.78, 5) is 11.6. The van der Waals surface area contributed by atoms with Gasteiger partial charge in [0, 0.05) is 24.9 Å². The maximum Gasteiger partial charge on any atom is 0.230 e. The van der Waals surface area contributed by atoms with E-state index in [0.717, 1.165) is 38.3 Å². The summed E-state index contributed by atoms with van der Waals surface area (Å²) in [6.45, 7) is 2.83. The number of ether oxygens (including phenoxy) is 1. The zero-order valence-electron chi connectivity index (χ0n) is 10.2. The van der Waals surface area contributed by atoms with Gasteiger partial charge in [0.05, 0.1) is 11.9 Å². The van der Waals surface area contributed by atoms with Crippen LogP contribution in [-0.4, -0.2) is 49.3 Å². The van der Waals surface area contributed by atoms with Crippen molar-refractivity contribution in [3.05, 3.63) is 0 Å². The number of hydrogen-bond acceptors (Lipinski definition) is 4. The van der Waals surface area contributed by atoms with Crippen molar-refractivity contribution in [2.24, 2.45) is 0 Å². The van der Waals surface area contributed by atoms with Gasteiger partial charge in [-0.1, -0.05) is 0 Å². The summed E-state index contributed by atoms with van der Waals surface area (Å²) in [5, 5.41) is 6.30. The smallest absolute Gasteiger partial charge is 0.230 e. The van der Waals surface area contributed by atoms with Crippen molar-refractivity contribution in [3.63, 3.8) is 0 Å². The van der Waals surface area contributed by atoms with Gasteiger partial charge in [-0.15, -0.1) is 11.8 Å². The van der Waals surface area contributed by atoms with Crippen molar-refractivity contribution in [3.8, 4) is 0 Å². The summed E-state index contributed by atoms with van der Waals surface area (Å²) in [6, 6.07) is 0.342. The van der Waals surface area contributed by atoms with Crippen LogP contribution in [0.25, 0.3) is 0 Å². The van der Waals surface area contributed by atoms with Gasteiger partial charge in [0.2, 0.25) is 5.91 Å². The summed E-state index contributed by atoms with van der Waals surface area (Å²) in [5.74, 6) is 1.69. The van der Waals surface area contributed by atoms with Crippen LogP contribution >= 0.6 is 11.8 Å². The topological polar surface area (TPSA) is 50.4 Å². The highest BCUT2D eigenvalue weighted by Crippen LogP contribution is 2.17. The second-order valence-corrected chi connectivity index (χ2v) is 5.79. The molecule has 2 aliphatic rings. The van der Waals surface area contributed by atoms with E-state index in [0.29, 0.717) is 17.9 Å².